The smallest absolute Gasteiger partial charge is 0.176 e. The molecule has 21 heavy (non-hydrogen) atoms. The summed E-state index contributed by atoms with van der Waals surface area (Å²) in [6.07, 6.45) is 2.70. The van der Waals surface area contributed by atoms with E-state index in [0.717, 1.165) is 29.5 Å². The Morgan fingerprint density at radius 1 is 1.38 bits per heavy atom. The molecule has 0 radical (unpaired) electrons. The Labute approximate surface area is 132 Å². The summed E-state index contributed by atoms with van der Waals surface area (Å²) in [5.74, 6) is 2.02. The van der Waals surface area contributed by atoms with Crippen LogP contribution in [0.3, 0.4) is 0 Å². The number of benzene rings is 1. The van der Waals surface area contributed by atoms with E-state index in [1.54, 1.807) is 19.4 Å². The van der Waals surface area contributed by atoms with Crippen LogP contribution in [0.4, 0.5) is 0 Å². The molecule has 0 atom stereocenters. The number of hydrogen-bond acceptors (Lipinski definition) is 5. The Kier molecular flexibility index (Phi) is 6.07. The van der Waals surface area contributed by atoms with Gasteiger partial charge in [-0.05, 0) is 46.6 Å². The van der Waals surface area contributed by atoms with Gasteiger partial charge in [-0.1, -0.05) is 12.1 Å². The van der Waals surface area contributed by atoms with Crippen LogP contribution in [-0.4, -0.2) is 18.8 Å². The molecular weight excluding hydrogens is 336 g/mol. The molecule has 2 aromatic rings. The molecule has 0 fully saturated rings. The standard InChI is InChI=1S/C15H19BrN2O3/c1-3-5-17-9-11-7-13(16)15(14(8-11)19-2)20-10-12-4-6-18-21-12/h4,6-8,17H,3,5,9-10H2,1-2H3. The van der Waals surface area contributed by atoms with Gasteiger partial charge in [0.25, 0.3) is 0 Å². The molecule has 0 aliphatic heterocycles. The second-order valence-electron chi connectivity index (χ2n) is 4.55. The number of ether oxygens (including phenoxy) is 2. The van der Waals surface area contributed by atoms with Crippen LogP contribution in [0.2, 0.25) is 0 Å². The predicted molar refractivity (Wildman–Crippen MR) is 83.5 cm³/mol. The second kappa shape index (κ2) is 8.05. The third-order valence-corrected chi connectivity index (χ3v) is 3.48. The third kappa shape index (κ3) is 4.47. The van der Waals surface area contributed by atoms with Gasteiger partial charge in [-0.2, -0.15) is 0 Å². The third-order valence-electron chi connectivity index (χ3n) is 2.90. The van der Waals surface area contributed by atoms with Crippen LogP contribution >= 0.6 is 15.9 Å². The number of aromatic nitrogens is 1. The van der Waals surface area contributed by atoms with Crippen LogP contribution in [-0.2, 0) is 13.2 Å². The van der Waals surface area contributed by atoms with E-state index in [-0.39, 0.29) is 0 Å². The van der Waals surface area contributed by atoms with Crippen molar-refractivity contribution in [3.05, 3.63) is 40.2 Å². The first-order valence-corrected chi connectivity index (χ1v) is 7.63. The lowest BCUT2D eigenvalue weighted by Gasteiger charge is -2.14. The maximum absolute atomic E-state index is 5.76. The van der Waals surface area contributed by atoms with Crippen molar-refractivity contribution in [3.8, 4) is 11.5 Å². The van der Waals surface area contributed by atoms with E-state index in [1.807, 2.05) is 12.1 Å². The minimum absolute atomic E-state index is 0.308. The molecule has 1 aromatic carbocycles. The van der Waals surface area contributed by atoms with Gasteiger partial charge in [-0.25, -0.2) is 0 Å². The molecular formula is C15H19BrN2O3. The van der Waals surface area contributed by atoms with Crippen LogP contribution in [0.15, 0.2) is 33.4 Å². The zero-order valence-corrected chi connectivity index (χ0v) is 13.8. The maximum Gasteiger partial charge on any atom is 0.176 e. The molecule has 0 saturated carbocycles. The Morgan fingerprint density at radius 3 is 2.90 bits per heavy atom. The zero-order valence-electron chi connectivity index (χ0n) is 12.2. The van der Waals surface area contributed by atoms with Gasteiger partial charge in [-0.3, -0.25) is 0 Å². The van der Waals surface area contributed by atoms with Crippen molar-refractivity contribution in [2.75, 3.05) is 13.7 Å². The fraction of sp³-hybridized carbons (Fsp3) is 0.400. The highest BCUT2D eigenvalue weighted by molar-refractivity contribution is 9.10. The molecule has 1 heterocycles. The van der Waals surface area contributed by atoms with E-state index in [0.29, 0.717) is 23.9 Å². The van der Waals surface area contributed by atoms with Gasteiger partial charge in [0.15, 0.2) is 17.3 Å². The normalized spacial score (nSPS) is 10.6. The van der Waals surface area contributed by atoms with Crippen molar-refractivity contribution < 1.29 is 14.0 Å². The van der Waals surface area contributed by atoms with E-state index < -0.39 is 0 Å². The summed E-state index contributed by atoms with van der Waals surface area (Å²) in [7, 11) is 1.63. The minimum Gasteiger partial charge on any atom is -0.493 e. The van der Waals surface area contributed by atoms with Gasteiger partial charge in [0.05, 0.1) is 17.8 Å². The fourth-order valence-electron chi connectivity index (χ4n) is 1.88. The van der Waals surface area contributed by atoms with Crippen molar-refractivity contribution in [2.45, 2.75) is 26.5 Å². The lowest BCUT2D eigenvalue weighted by atomic mass is 10.2. The average molecular weight is 355 g/mol. The SMILES string of the molecule is CCCNCc1cc(Br)c(OCc2ccno2)c(OC)c1. The van der Waals surface area contributed by atoms with Crippen molar-refractivity contribution in [1.82, 2.24) is 10.5 Å². The Hall–Kier alpha value is -1.53. The summed E-state index contributed by atoms with van der Waals surface area (Å²) in [6, 6.07) is 5.77. The Bertz CT molecular complexity index is 558. The highest BCUT2D eigenvalue weighted by Crippen LogP contribution is 2.37. The highest BCUT2D eigenvalue weighted by Gasteiger charge is 2.12. The fourth-order valence-corrected chi connectivity index (χ4v) is 2.49. The zero-order chi connectivity index (χ0) is 15.1. The summed E-state index contributed by atoms with van der Waals surface area (Å²) >= 11 is 3.53. The average Bonchev–Trinajstić information content (AvgIpc) is 2.99. The highest BCUT2D eigenvalue weighted by atomic mass is 79.9. The molecule has 0 aliphatic rings. The topological polar surface area (TPSA) is 56.5 Å². The number of nitrogens with zero attached hydrogens (tertiary/aromatic N) is 1. The van der Waals surface area contributed by atoms with Gasteiger partial charge in [0, 0.05) is 12.6 Å². The number of hydrogen-bond donors (Lipinski definition) is 1. The van der Waals surface area contributed by atoms with Crippen LogP contribution in [0, 0.1) is 0 Å². The van der Waals surface area contributed by atoms with Crippen LogP contribution in [0.25, 0.3) is 0 Å². The number of rotatable bonds is 8. The minimum atomic E-state index is 0.308. The van der Waals surface area contributed by atoms with E-state index in [1.165, 1.54) is 0 Å². The first kappa shape index (κ1) is 15.9. The van der Waals surface area contributed by atoms with Crippen molar-refractivity contribution in [2.24, 2.45) is 0 Å². The second-order valence-corrected chi connectivity index (χ2v) is 5.41. The predicted octanol–water partition coefficient (Wildman–Crippen LogP) is 3.52. The summed E-state index contributed by atoms with van der Waals surface area (Å²) < 4.78 is 17.0. The van der Waals surface area contributed by atoms with Crippen LogP contribution in [0.1, 0.15) is 24.7 Å². The van der Waals surface area contributed by atoms with Gasteiger partial charge >= 0.3 is 0 Å². The maximum atomic E-state index is 5.76. The van der Waals surface area contributed by atoms with Gasteiger partial charge in [-0.15, -0.1) is 0 Å². The quantitative estimate of drug-likeness (QED) is 0.735. The summed E-state index contributed by atoms with van der Waals surface area (Å²) in [5, 5.41) is 7.01. The molecule has 2 rings (SSSR count). The molecule has 0 unspecified atom stereocenters. The van der Waals surface area contributed by atoms with Gasteiger partial charge in [0.1, 0.15) is 6.61 Å². The first-order valence-electron chi connectivity index (χ1n) is 6.84. The number of methoxy groups -OCH3 is 1. The van der Waals surface area contributed by atoms with Crippen molar-refractivity contribution >= 4 is 15.9 Å². The number of halogens is 1. The molecule has 0 amide bonds. The molecule has 1 aromatic heterocycles. The van der Waals surface area contributed by atoms with E-state index in [4.69, 9.17) is 14.0 Å². The lowest BCUT2D eigenvalue weighted by molar-refractivity contribution is 0.237. The van der Waals surface area contributed by atoms with Crippen LogP contribution < -0.4 is 14.8 Å². The van der Waals surface area contributed by atoms with Crippen molar-refractivity contribution in [3.63, 3.8) is 0 Å². The van der Waals surface area contributed by atoms with Crippen LogP contribution in [0.5, 0.6) is 11.5 Å². The molecule has 5 nitrogen and oxygen atoms in total. The van der Waals surface area contributed by atoms with Gasteiger partial charge < -0.3 is 19.3 Å². The van der Waals surface area contributed by atoms with E-state index in [2.05, 4.69) is 33.3 Å². The Balaban J connectivity index is 2.09. The number of nitrogens with one attached hydrogen (secondary N) is 1. The summed E-state index contributed by atoms with van der Waals surface area (Å²) in [4.78, 5) is 0. The van der Waals surface area contributed by atoms with Crippen molar-refractivity contribution in [1.29, 1.82) is 0 Å². The van der Waals surface area contributed by atoms with E-state index in [9.17, 15) is 0 Å². The molecule has 1 N–H and O–H groups in total. The Morgan fingerprint density at radius 2 is 2.24 bits per heavy atom. The molecule has 0 aliphatic carbocycles. The summed E-state index contributed by atoms with van der Waals surface area (Å²) in [5.41, 5.74) is 1.14. The molecule has 0 bridgehead atoms. The monoisotopic (exact) mass is 354 g/mol. The molecule has 114 valence electrons. The summed E-state index contributed by atoms with van der Waals surface area (Å²) in [6.45, 7) is 4.24. The lowest BCUT2D eigenvalue weighted by Crippen LogP contribution is -2.14. The molecule has 6 heteroatoms. The first-order chi connectivity index (χ1) is 10.2. The molecule has 0 spiro atoms. The largest absolute Gasteiger partial charge is 0.493 e. The van der Waals surface area contributed by atoms with Gasteiger partial charge in [0.2, 0.25) is 0 Å². The van der Waals surface area contributed by atoms with E-state index >= 15 is 0 Å². The molecule has 0 saturated heterocycles.